The lowest BCUT2D eigenvalue weighted by atomic mass is 9.86. The van der Waals surface area contributed by atoms with Crippen LogP contribution in [0.2, 0.25) is 0 Å². The molecule has 2 nitrogen and oxygen atoms in total. The number of likely N-dealkylation sites (tertiary alicyclic amines) is 2. The van der Waals surface area contributed by atoms with Gasteiger partial charge in [-0.15, -0.1) is 0 Å². The van der Waals surface area contributed by atoms with Crippen LogP contribution in [-0.4, -0.2) is 62.3 Å². The summed E-state index contributed by atoms with van der Waals surface area (Å²) in [4.78, 5) is 0. The van der Waals surface area contributed by atoms with E-state index < -0.39 is 0 Å². The molecule has 0 aromatic rings. The molecule has 2 fully saturated rings. The maximum atomic E-state index is 2.50. The maximum Gasteiger partial charge on any atom is 0.0787 e. The summed E-state index contributed by atoms with van der Waals surface area (Å²) in [6.07, 6.45) is 13.3. The van der Waals surface area contributed by atoms with Crippen molar-refractivity contribution in [2.45, 2.75) is 71.6 Å². The van der Waals surface area contributed by atoms with Crippen LogP contribution >= 0.6 is 0 Å². The fourth-order valence-corrected chi connectivity index (χ4v) is 4.84. The van der Waals surface area contributed by atoms with Crippen molar-refractivity contribution in [2.24, 2.45) is 11.8 Å². The van der Waals surface area contributed by atoms with E-state index in [1.165, 1.54) is 106 Å². The summed E-state index contributed by atoms with van der Waals surface area (Å²) in [5.74, 6) is 2.09. The smallest absolute Gasteiger partial charge is 0.0787 e. The van der Waals surface area contributed by atoms with E-state index in [-0.39, 0.29) is 0 Å². The van der Waals surface area contributed by atoms with Crippen molar-refractivity contribution < 1.29 is 8.97 Å². The summed E-state index contributed by atoms with van der Waals surface area (Å²) in [5.41, 5.74) is 0. The third kappa shape index (κ3) is 6.05. The van der Waals surface area contributed by atoms with E-state index in [0.717, 1.165) is 11.8 Å². The van der Waals surface area contributed by atoms with E-state index in [0.29, 0.717) is 0 Å². The zero-order chi connectivity index (χ0) is 16.8. The Labute approximate surface area is 146 Å². The van der Waals surface area contributed by atoms with Crippen LogP contribution in [0.4, 0.5) is 0 Å². The van der Waals surface area contributed by atoms with Crippen LogP contribution in [0.3, 0.4) is 0 Å². The Bertz CT molecular complexity index is 323. The highest BCUT2D eigenvalue weighted by Crippen LogP contribution is 2.30. The van der Waals surface area contributed by atoms with Gasteiger partial charge in [-0.3, -0.25) is 0 Å². The molecule has 2 aliphatic heterocycles. The number of piperidine rings is 2. The molecule has 0 saturated carbocycles. The van der Waals surface area contributed by atoms with Gasteiger partial charge in [0.05, 0.1) is 53.4 Å². The maximum absolute atomic E-state index is 2.50. The lowest BCUT2D eigenvalue weighted by Crippen LogP contribution is -2.50. The predicted molar refractivity (Wildman–Crippen MR) is 101 cm³/mol. The summed E-state index contributed by atoms with van der Waals surface area (Å²) in [6, 6.07) is 0. The zero-order valence-corrected chi connectivity index (χ0v) is 16.7. The van der Waals surface area contributed by atoms with Gasteiger partial charge in [-0.2, -0.15) is 0 Å². The SMILES string of the molecule is CCCC[N+]1(C)CCC(CCCC2CC[N+](C)(CC)CC2)CC1. The van der Waals surface area contributed by atoms with Gasteiger partial charge < -0.3 is 8.97 Å². The Balaban J connectivity index is 1.58. The first-order valence-corrected chi connectivity index (χ1v) is 10.7. The average molecular weight is 325 g/mol. The van der Waals surface area contributed by atoms with Crippen LogP contribution in [0.1, 0.15) is 71.6 Å². The van der Waals surface area contributed by atoms with Gasteiger partial charge in [0.2, 0.25) is 0 Å². The molecule has 2 heterocycles. The largest absolute Gasteiger partial charge is 0.326 e. The van der Waals surface area contributed by atoms with Crippen molar-refractivity contribution >= 4 is 0 Å². The Morgan fingerprint density at radius 3 is 1.61 bits per heavy atom. The van der Waals surface area contributed by atoms with Crippen LogP contribution < -0.4 is 0 Å². The molecule has 0 atom stereocenters. The highest BCUT2D eigenvalue weighted by molar-refractivity contribution is 4.69. The monoisotopic (exact) mass is 324 g/mol. The van der Waals surface area contributed by atoms with Crippen LogP contribution in [0, 0.1) is 11.8 Å². The first-order chi connectivity index (χ1) is 11.0. The second-order valence-electron chi connectivity index (χ2n) is 9.34. The quantitative estimate of drug-likeness (QED) is 0.568. The second kappa shape index (κ2) is 8.85. The Morgan fingerprint density at radius 2 is 1.17 bits per heavy atom. The lowest BCUT2D eigenvalue weighted by molar-refractivity contribution is -0.915. The summed E-state index contributed by atoms with van der Waals surface area (Å²) in [6.45, 7) is 13.2. The lowest BCUT2D eigenvalue weighted by Gasteiger charge is -2.41. The minimum atomic E-state index is 1.04. The first-order valence-electron chi connectivity index (χ1n) is 10.7. The summed E-state index contributed by atoms with van der Waals surface area (Å²) < 4.78 is 2.69. The molecule has 2 heteroatoms. The normalized spacial score (nSPS) is 38.6. The molecule has 2 aliphatic rings. The van der Waals surface area contributed by atoms with Crippen LogP contribution in [0.5, 0.6) is 0 Å². The molecule has 0 amide bonds. The standard InChI is InChI=1S/C21H44N2/c1-5-7-15-23(4)18-13-21(14-19-23)10-8-9-20-11-16-22(3,6-2)17-12-20/h20-21H,5-19H2,1-4H3/q+2. The van der Waals surface area contributed by atoms with Gasteiger partial charge in [-0.05, 0) is 50.9 Å². The topological polar surface area (TPSA) is 0 Å². The van der Waals surface area contributed by atoms with Crippen LogP contribution in [0.15, 0.2) is 0 Å². The van der Waals surface area contributed by atoms with E-state index in [1.54, 1.807) is 0 Å². The van der Waals surface area contributed by atoms with E-state index in [2.05, 4.69) is 27.9 Å². The number of quaternary nitrogens is 2. The second-order valence-corrected chi connectivity index (χ2v) is 9.34. The van der Waals surface area contributed by atoms with Gasteiger partial charge in [-0.1, -0.05) is 32.6 Å². The van der Waals surface area contributed by atoms with E-state index >= 15 is 0 Å². The predicted octanol–water partition coefficient (Wildman–Crippen LogP) is 4.69. The van der Waals surface area contributed by atoms with Crippen molar-refractivity contribution in [1.29, 1.82) is 0 Å². The molecule has 0 unspecified atom stereocenters. The van der Waals surface area contributed by atoms with Gasteiger partial charge in [0, 0.05) is 0 Å². The van der Waals surface area contributed by atoms with E-state index in [4.69, 9.17) is 0 Å². The Morgan fingerprint density at radius 1 is 0.696 bits per heavy atom. The first kappa shape index (κ1) is 19.2. The molecule has 0 spiro atoms. The fraction of sp³-hybridized carbons (Fsp3) is 1.00. The van der Waals surface area contributed by atoms with Crippen LogP contribution in [-0.2, 0) is 0 Å². The molecule has 23 heavy (non-hydrogen) atoms. The number of nitrogens with zero attached hydrogens (tertiary/aromatic N) is 2. The Hall–Kier alpha value is -0.0800. The molecule has 0 N–H and O–H groups in total. The minimum absolute atomic E-state index is 1.04. The number of rotatable bonds is 8. The van der Waals surface area contributed by atoms with Gasteiger partial charge in [0.15, 0.2) is 0 Å². The zero-order valence-electron chi connectivity index (χ0n) is 16.7. The average Bonchev–Trinajstić information content (AvgIpc) is 2.57. The molecule has 0 radical (unpaired) electrons. The van der Waals surface area contributed by atoms with Crippen molar-refractivity contribution in [3.8, 4) is 0 Å². The Kier molecular flexibility index (Phi) is 7.41. The molecule has 0 aliphatic carbocycles. The fourth-order valence-electron chi connectivity index (χ4n) is 4.84. The van der Waals surface area contributed by atoms with Crippen molar-refractivity contribution in [1.82, 2.24) is 0 Å². The summed E-state index contributed by atoms with van der Waals surface area (Å²) >= 11 is 0. The molecule has 0 aromatic carbocycles. The molecular weight excluding hydrogens is 280 g/mol. The summed E-state index contributed by atoms with van der Waals surface area (Å²) in [5, 5.41) is 0. The van der Waals surface area contributed by atoms with E-state index in [1.807, 2.05) is 0 Å². The van der Waals surface area contributed by atoms with Gasteiger partial charge >= 0.3 is 0 Å². The van der Waals surface area contributed by atoms with Crippen molar-refractivity contribution in [3.63, 3.8) is 0 Å². The van der Waals surface area contributed by atoms with Crippen molar-refractivity contribution in [2.75, 3.05) is 53.4 Å². The van der Waals surface area contributed by atoms with E-state index in [9.17, 15) is 0 Å². The van der Waals surface area contributed by atoms with Gasteiger partial charge in [0.25, 0.3) is 0 Å². The molecule has 0 aromatic heterocycles. The molecule has 136 valence electrons. The highest BCUT2D eigenvalue weighted by Gasteiger charge is 2.30. The van der Waals surface area contributed by atoms with Crippen LogP contribution in [0.25, 0.3) is 0 Å². The number of hydrogen-bond donors (Lipinski definition) is 0. The third-order valence-electron chi connectivity index (χ3n) is 7.35. The van der Waals surface area contributed by atoms with Gasteiger partial charge in [-0.25, -0.2) is 0 Å². The molecular formula is C21H44N2+2. The highest BCUT2D eigenvalue weighted by atomic mass is 15.3. The molecule has 2 saturated heterocycles. The summed E-state index contributed by atoms with van der Waals surface area (Å²) in [7, 11) is 4.95. The number of unbranched alkanes of at least 4 members (excludes halogenated alkanes) is 1. The molecule has 0 bridgehead atoms. The van der Waals surface area contributed by atoms with Gasteiger partial charge in [0.1, 0.15) is 0 Å². The number of hydrogen-bond acceptors (Lipinski definition) is 0. The minimum Gasteiger partial charge on any atom is -0.326 e. The third-order valence-corrected chi connectivity index (χ3v) is 7.35. The van der Waals surface area contributed by atoms with Crippen molar-refractivity contribution in [3.05, 3.63) is 0 Å². The molecule has 2 rings (SSSR count).